The Bertz CT molecular complexity index is 285. The van der Waals surface area contributed by atoms with Gasteiger partial charge >= 0.3 is 5.97 Å². The van der Waals surface area contributed by atoms with Gasteiger partial charge in [-0.05, 0) is 6.42 Å². The summed E-state index contributed by atoms with van der Waals surface area (Å²) >= 11 is 0. The molecule has 1 rings (SSSR count). The van der Waals surface area contributed by atoms with Crippen LogP contribution in [0.15, 0.2) is 0 Å². The Balaban J connectivity index is 2.19. The molecular formula is C11H20N2O5. The Morgan fingerprint density at radius 3 is 2.89 bits per heavy atom. The third-order valence-corrected chi connectivity index (χ3v) is 2.80. The predicted molar refractivity (Wildman–Crippen MR) is 63.1 cm³/mol. The Labute approximate surface area is 106 Å². The molecule has 0 saturated carbocycles. The molecule has 1 fully saturated rings. The highest BCUT2D eigenvalue weighted by Crippen LogP contribution is 2.05. The maximum atomic E-state index is 11.6. The smallest absolute Gasteiger partial charge is 0.303 e. The zero-order valence-electron chi connectivity index (χ0n) is 10.3. The van der Waals surface area contributed by atoms with Gasteiger partial charge < -0.3 is 20.3 Å². The third kappa shape index (κ3) is 5.44. The van der Waals surface area contributed by atoms with Crippen LogP contribution in [0, 0.1) is 0 Å². The molecule has 104 valence electrons. The van der Waals surface area contributed by atoms with Gasteiger partial charge in [0.1, 0.15) is 0 Å². The van der Waals surface area contributed by atoms with Crippen molar-refractivity contribution in [1.29, 1.82) is 0 Å². The van der Waals surface area contributed by atoms with E-state index in [0.29, 0.717) is 32.7 Å². The number of nitrogens with zero attached hydrogens (tertiary/aromatic N) is 1. The lowest BCUT2D eigenvalue weighted by atomic mass is 10.2. The molecule has 1 heterocycles. The van der Waals surface area contributed by atoms with Gasteiger partial charge in [-0.3, -0.25) is 14.5 Å². The fourth-order valence-electron chi connectivity index (χ4n) is 1.77. The summed E-state index contributed by atoms with van der Waals surface area (Å²) < 4.78 is 5.21. The monoisotopic (exact) mass is 260 g/mol. The number of aliphatic hydroxyl groups is 1. The third-order valence-electron chi connectivity index (χ3n) is 2.80. The average Bonchev–Trinajstić information content (AvgIpc) is 2.35. The van der Waals surface area contributed by atoms with Crippen LogP contribution in [0.1, 0.15) is 12.8 Å². The number of carbonyl (C=O) groups is 2. The highest BCUT2D eigenvalue weighted by molar-refractivity contribution is 5.78. The van der Waals surface area contributed by atoms with Crippen molar-refractivity contribution in [3.8, 4) is 0 Å². The molecule has 0 bridgehead atoms. The number of rotatable bonds is 7. The lowest BCUT2D eigenvalue weighted by molar-refractivity contribution is -0.137. The van der Waals surface area contributed by atoms with E-state index in [1.54, 1.807) is 0 Å². The van der Waals surface area contributed by atoms with Crippen molar-refractivity contribution in [1.82, 2.24) is 10.2 Å². The van der Waals surface area contributed by atoms with Crippen molar-refractivity contribution in [2.45, 2.75) is 18.9 Å². The van der Waals surface area contributed by atoms with Crippen LogP contribution in [0.4, 0.5) is 0 Å². The van der Waals surface area contributed by atoms with Gasteiger partial charge in [0.25, 0.3) is 0 Å². The highest BCUT2D eigenvalue weighted by Gasteiger charge is 2.23. The summed E-state index contributed by atoms with van der Waals surface area (Å²) in [6.45, 7) is 2.15. The number of ether oxygens (including phenoxy) is 1. The molecule has 0 spiro atoms. The minimum absolute atomic E-state index is 0.0354. The SMILES string of the molecule is O=C(O)CCCNC(=O)CN1CCOCC1CO. The quantitative estimate of drug-likeness (QED) is 0.490. The molecule has 0 aromatic rings. The van der Waals surface area contributed by atoms with Gasteiger partial charge in [0, 0.05) is 19.5 Å². The molecular weight excluding hydrogens is 240 g/mol. The van der Waals surface area contributed by atoms with Crippen LogP contribution in [0.25, 0.3) is 0 Å². The van der Waals surface area contributed by atoms with Crippen LogP contribution in [0.2, 0.25) is 0 Å². The average molecular weight is 260 g/mol. The first-order valence-corrected chi connectivity index (χ1v) is 6.04. The molecule has 1 aliphatic heterocycles. The number of carboxylic acids is 1. The van der Waals surface area contributed by atoms with E-state index >= 15 is 0 Å². The van der Waals surface area contributed by atoms with Gasteiger partial charge in [-0.15, -0.1) is 0 Å². The van der Waals surface area contributed by atoms with E-state index in [-0.39, 0.29) is 31.5 Å². The van der Waals surface area contributed by atoms with Crippen LogP contribution in [-0.2, 0) is 14.3 Å². The van der Waals surface area contributed by atoms with Crippen LogP contribution in [0.5, 0.6) is 0 Å². The fraction of sp³-hybridized carbons (Fsp3) is 0.818. The van der Waals surface area contributed by atoms with Crippen molar-refractivity contribution in [3.05, 3.63) is 0 Å². The standard InChI is InChI=1S/C11H20N2O5/c14-7-9-8-18-5-4-13(9)6-10(15)12-3-1-2-11(16)17/h9,14H,1-8H2,(H,12,15)(H,16,17). The summed E-state index contributed by atoms with van der Waals surface area (Å²) in [5.41, 5.74) is 0. The van der Waals surface area contributed by atoms with Crippen molar-refractivity contribution >= 4 is 11.9 Å². The fourth-order valence-corrected chi connectivity index (χ4v) is 1.77. The van der Waals surface area contributed by atoms with E-state index in [4.69, 9.17) is 14.9 Å². The van der Waals surface area contributed by atoms with Gasteiger partial charge in [0.05, 0.1) is 32.4 Å². The van der Waals surface area contributed by atoms with Crippen molar-refractivity contribution in [3.63, 3.8) is 0 Å². The largest absolute Gasteiger partial charge is 0.481 e. The number of carboxylic acid groups (broad SMARTS) is 1. The normalized spacial score (nSPS) is 20.6. The lowest BCUT2D eigenvalue weighted by Crippen LogP contribution is -2.51. The zero-order chi connectivity index (χ0) is 13.4. The molecule has 0 aromatic carbocycles. The molecule has 18 heavy (non-hydrogen) atoms. The topological polar surface area (TPSA) is 99.1 Å². The number of amides is 1. The predicted octanol–water partition coefficient (Wildman–Crippen LogP) is -1.34. The first-order valence-electron chi connectivity index (χ1n) is 6.04. The zero-order valence-corrected chi connectivity index (χ0v) is 10.3. The molecule has 1 amide bonds. The maximum absolute atomic E-state index is 11.6. The van der Waals surface area contributed by atoms with E-state index in [1.165, 1.54) is 0 Å². The number of carbonyl (C=O) groups excluding carboxylic acids is 1. The Morgan fingerprint density at radius 2 is 2.22 bits per heavy atom. The van der Waals surface area contributed by atoms with E-state index in [9.17, 15) is 9.59 Å². The van der Waals surface area contributed by atoms with Crippen molar-refractivity contribution in [2.75, 3.05) is 39.5 Å². The van der Waals surface area contributed by atoms with E-state index < -0.39 is 5.97 Å². The Hall–Kier alpha value is -1.18. The maximum Gasteiger partial charge on any atom is 0.303 e. The molecule has 1 saturated heterocycles. The second-order valence-corrected chi connectivity index (χ2v) is 4.23. The van der Waals surface area contributed by atoms with Crippen molar-refractivity contribution in [2.24, 2.45) is 0 Å². The summed E-state index contributed by atoms with van der Waals surface area (Å²) in [4.78, 5) is 23.7. The number of hydrogen-bond acceptors (Lipinski definition) is 5. The molecule has 1 atom stereocenters. The minimum atomic E-state index is -0.863. The molecule has 1 unspecified atom stereocenters. The van der Waals surface area contributed by atoms with Gasteiger partial charge in [0.15, 0.2) is 0 Å². The molecule has 7 nitrogen and oxygen atoms in total. The molecule has 0 aromatic heterocycles. The van der Waals surface area contributed by atoms with Crippen LogP contribution < -0.4 is 5.32 Å². The number of aliphatic hydroxyl groups excluding tert-OH is 1. The van der Waals surface area contributed by atoms with E-state index in [2.05, 4.69) is 5.32 Å². The second kappa shape index (κ2) is 8.02. The summed E-state index contributed by atoms with van der Waals surface area (Å²) in [6, 6.07) is -0.136. The first kappa shape index (κ1) is 14.9. The summed E-state index contributed by atoms with van der Waals surface area (Å²) in [6.07, 6.45) is 0.477. The number of nitrogens with one attached hydrogen (secondary N) is 1. The Morgan fingerprint density at radius 1 is 1.44 bits per heavy atom. The summed E-state index contributed by atoms with van der Waals surface area (Å²) in [5.74, 6) is -1.02. The number of morpholine rings is 1. The van der Waals surface area contributed by atoms with Crippen molar-refractivity contribution < 1.29 is 24.5 Å². The van der Waals surface area contributed by atoms with Crippen LogP contribution >= 0.6 is 0 Å². The summed E-state index contributed by atoms with van der Waals surface area (Å²) in [7, 11) is 0. The molecule has 7 heteroatoms. The first-order chi connectivity index (χ1) is 8.63. The van der Waals surface area contributed by atoms with Gasteiger partial charge in [0.2, 0.25) is 5.91 Å². The van der Waals surface area contributed by atoms with E-state index in [1.807, 2.05) is 4.90 Å². The molecule has 1 aliphatic rings. The Kier molecular flexibility index (Phi) is 6.63. The second-order valence-electron chi connectivity index (χ2n) is 4.23. The summed E-state index contributed by atoms with van der Waals surface area (Å²) in [5, 5.41) is 20.2. The number of aliphatic carboxylic acids is 1. The van der Waals surface area contributed by atoms with Crippen LogP contribution in [0.3, 0.4) is 0 Å². The molecule has 3 N–H and O–H groups in total. The van der Waals surface area contributed by atoms with Gasteiger partial charge in [-0.25, -0.2) is 0 Å². The van der Waals surface area contributed by atoms with Gasteiger partial charge in [-0.1, -0.05) is 0 Å². The van der Waals surface area contributed by atoms with E-state index in [0.717, 1.165) is 0 Å². The molecule has 0 radical (unpaired) electrons. The minimum Gasteiger partial charge on any atom is -0.481 e. The number of hydrogen-bond donors (Lipinski definition) is 3. The highest BCUT2D eigenvalue weighted by atomic mass is 16.5. The lowest BCUT2D eigenvalue weighted by Gasteiger charge is -2.33. The van der Waals surface area contributed by atoms with Gasteiger partial charge in [-0.2, -0.15) is 0 Å². The van der Waals surface area contributed by atoms with Crippen LogP contribution in [-0.4, -0.2) is 72.5 Å². The molecule has 0 aliphatic carbocycles.